The number of methoxy groups -OCH3 is 2. The zero-order valence-corrected chi connectivity index (χ0v) is 15.1. The summed E-state index contributed by atoms with van der Waals surface area (Å²) in [4.78, 5) is 22.3. The highest BCUT2D eigenvalue weighted by atomic mass is 16.5. The summed E-state index contributed by atoms with van der Waals surface area (Å²) < 4.78 is 9.37. The molecule has 4 atom stereocenters. The lowest BCUT2D eigenvalue weighted by molar-refractivity contribution is -0.143. The zero-order chi connectivity index (χ0) is 18.5. The Labute approximate surface area is 154 Å². The normalized spacial score (nSPS) is 25.3. The molecular formula is C22H24O4. The van der Waals surface area contributed by atoms with Crippen LogP contribution in [0.4, 0.5) is 0 Å². The Balaban J connectivity index is 0.000000151. The van der Waals surface area contributed by atoms with Crippen LogP contribution in [-0.4, -0.2) is 26.2 Å². The van der Waals surface area contributed by atoms with Crippen LogP contribution >= 0.6 is 0 Å². The van der Waals surface area contributed by atoms with E-state index in [0.717, 1.165) is 12.8 Å². The molecule has 26 heavy (non-hydrogen) atoms. The summed E-state index contributed by atoms with van der Waals surface area (Å²) in [5.74, 6) is 0.852. The molecule has 4 nitrogen and oxygen atoms in total. The molecule has 4 rings (SSSR count). The van der Waals surface area contributed by atoms with Crippen LogP contribution in [0.2, 0.25) is 0 Å². The second-order valence-corrected chi connectivity index (χ2v) is 6.77. The van der Waals surface area contributed by atoms with Gasteiger partial charge in [-0.1, -0.05) is 60.7 Å². The van der Waals surface area contributed by atoms with Crippen molar-refractivity contribution in [3.05, 3.63) is 71.8 Å². The topological polar surface area (TPSA) is 52.6 Å². The van der Waals surface area contributed by atoms with E-state index in [-0.39, 0.29) is 23.8 Å². The average molecular weight is 352 g/mol. The first-order chi connectivity index (χ1) is 12.7. The molecule has 2 aromatic carbocycles. The van der Waals surface area contributed by atoms with E-state index in [9.17, 15) is 9.59 Å². The maximum absolute atomic E-state index is 11.1. The van der Waals surface area contributed by atoms with Crippen LogP contribution in [-0.2, 0) is 19.1 Å². The van der Waals surface area contributed by atoms with E-state index in [1.165, 1.54) is 25.3 Å². The standard InChI is InChI=1S/2C11H12O2/c2*1-13-11(12)10-7-9(10)8-5-3-2-4-6-8/h2*2-6,9-10H,7H2,1H3. The lowest BCUT2D eigenvalue weighted by Crippen LogP contribution is -2.03. The van der Waals surface area contributed by atoms with Crippen molar-refractivity contribution in [1.29, 1.82) is 0 Å². The largest absolute Gasteiger partial charge is 0.469 e. The summed E-state index contributed by atoms with van der Waals surface area (Å²) in [6.45, 7) is 0. The van der Waals surface area contributed by atoms with Crippen LogP contribution in [0.5, 0.6) is 0 Å². The van der Waals surface area contributed by atoms with Gasteiger partial charge in [-0.3, -0.25) is 9.59 Å². The van der Waals surface area contributed by atoms with Crippen LogP contribution in [0.3, 0.4) is 0 Å². The number of benzene rings is 2. The highest BCUT2D eigenvalue weighted by Crippen LogP contribution is 2.48. The molecule has 0 saturated heterocycles. The highest BCUT2D eigenvalue weighted by molar-refractivity contribution is 5.77. The molecule has 0 heterocycles. The highest BCUT2D eigenvalue weighted by Gasteiger charge is 2.45. The average Bonchev–Trinajstić information content (AvgIpc) is 3.62. The van der Waals surface area contributed by atoms with Crippen molar-refractivity contribution in [2.45, 2.75) is 24.7 Å². The number of hydrogen-bond acceptors (Lipinski definition) is 4. The molecule has 136 valence electrons. The van der Waals surface area contributed by atoms with Crippen molar-refractivity contribution in [1.82, 2.24) is 0 Å². The Hall–Kier alpha value is -2.62. The molecule has 4 heteroatoms. The van der Waals surface area contributed by atoms with Crippen molar-refractivity contribution < 1.29 is 19.1 Å². The Morgan fingerprint density at radius 2 is 1.04 bits per heavy atom. The Morgan fingerprint density at radius 1 is 0.692 bits per heavy atom. The minimum Gasteiger partial charge on any atom is -0.469 e. The van der Waals surface area contributed by atoms with E-state index >= 15 is 0 Å². The van der Waals surface area contributed by atoms with Gasteiger partial charge in [0.25, 0.3) is 0 Å². The molecule has 2 aliphatic rings. The van der Waals surface area contributed by atoms with E-state index in [1.54, 1.807) is 0 Å². The zero-order valence-electron chi connectivity index (χ0n) is 15.1. The monoisotopic (exact) mass is 352 g/mol. The molecule has 0 aromatic heterocycles. The minimum atomic E-state index is -0.0751. The summed E-state index contributed by atoms with van der Waals surface area (Å²) in [7, 11) is 2.89. The Kier molecular flexibility index (Phi) is 5.71. The van der Waals surface area contributed by atoms with Crippen molar-refractivity contribution in [2.24, 2.45) is 11.8 Å². The van der Waals surface area contributed by atoms with E-state index in [1.807, 2.05) is 36.4 Å². The molecule has 2 aromatic rings. The third-order valence-electron chi connectivity index (χ3n) is 5.04. The Bertz CT molecular complexity index is 676. The fraction of sp³-hybridized carbons (Fsp3) is 0.364. The maximum atomic E-state index is 11.1. The first kappa shape index (κ1) is 18.2. The lowest BCUT2D eigenvalue weighted by atomic mass is 10.1. The predicted octanol–water partition coefficient (Wildman–Crippen LogP) is 3.93. The molecule has 0 spiro atoms. The van der Waals surface area contributed by atoms with Crippen molar-refractivity contribution >= 4 is 11.9 Å². The molecule has 4 unspecified atom stereocenters. The molecule has 0 aliphatic heterocycles. The van der Waals surface area contributed by atoms with Crippen molar-refractivity contribution in [2.75, 3.05) is 14.2 Å². The SMILES string of the molecule is COC(=O)C1CC1c1ccccc1.COC(=O)C1CC1c1ccccc1. The van der Waals surface area contributed by atoms with Gasteiger partial charge in [0.15, 0.2) is 0 Å². The molecule has 2 aliphatic carbocycles. The van der Waals surface area contributed by atoms with E-state index in [2.05, 4.69) is 33.7 Å². The number of hydrogen-bond donors (Lipinski definition) is 0. The molecule has 2 fully saturated rings. The molecular weight excluding hydrogens is 328 g/mol. The van der Waals surface area contributed by atoms with Crippen molar-refractivity contribution in [3.63, 3.8) is 0 Å². The second kappa shape index (κ2) is 8.17. The van der Waals surface area contributed by atoms with E-state index in [4.69, 9.17) is 0 Å². The van der Waals surface area contributed by atoms with Gasteiger partial charge in [-0.15, -0.1) is 0 Å². The predicted molar refractivity (Wildman–Crippen MR) is 98.6 cm³/mol. The Morgan fingerprint density at radius 3 is 1.35 bits per heavy atom. The number of ether oxygens (including phenoxy) is 2. The fourth-order valence-corrected chi connectivity index (χ4v) is 3.35. The summed E-state index contributed by atoms with van der Waals surface area (Å²) >= 11 is 0. The number of carbonyl (C=O) groups excluding carboxylic acids is 2. The van der Waals surface area contributed by atoms with E-state index < -0.39 is 0 Å². The number of rotatable bonds is 4. The first-order valence-electron chi connectivity index (χ1n) is 8.91. The third kappa shape index (κ3) is 4.31. The van der Waals surface area contributed by atoms with Gasteiger partial charge >= 0.3 is 11.9 Å². The summed E-state index contributed by atoms with van der Waals surface area (Å²) in [5, 5.41) is 0. The third-order valence-corrected chi connectivity index (χ3v) is 5.04. The van der Waals surface area contributed by atoms with Crippen LogP contribution in [0.15, 0.2) is 60.7 Å². The molecule has 0 amide bonds. The minimum absolute atomic E-state index is 0.0751. The van der Waals surface area contributed by atoms with Gasteiger partial charge in [0.1, 0.15) is 0 Å². The smallest absolute Gasteiger partial charge is 0.309 e. The lowest BCUT2D eigenvalue weighted by Gasteiger charge is -1.98. The maximum Gasteiger partial charge on any atom is 0.309 e. The quantitative estimate of drug-likeness (QED) is 0.783. The fourth-order valence-electron chi connectivity index (χ4n) is 3.35. The number of esters is 2. The van der Waals surface area contributed by atoms with Crippen molar-refractivity contribution in [3.8, 4) is 0 Å². The summed E-state index contributed by atoms with van der Waals surface area (Å²) in [6, 6.07) is 20.2. The van der Waals surface area contributed by atoms with Gasteiger partial charge < -0.3 is 9.47 Å². The van der Waals surface area contributed by atoms with Gasteiger partial charge in [-0.2, -0.15) is 0 Å². The molecule has 0 N–H and O–H groups in total. The second-order valence-electron chi connectivity index (χ2n) is 6.77. The molecule has 0 radical (unpaired) electrons. The number of carbonyl (C=O) groups is 2. The summed E-state index contributed by atoms with van der Waals surface area (Å²) in [6.07, 6.45) is 1.88. The summed E-state index contributed by atoms with van der Waals surface area (Å²) in [5.41, 5.74) is 2.50. The van der Waals surface area contributed by atoms with Crippen LogP contribution in [0, 0.1) is 11.8 Å². The van der Waals surface area contributed by atoms with Gasteiger partial charge in [-0.05, 0) is 35.8 Å². The first-order valence-corrected chi connectivity index (χ1v) is 8.91. The van der Waals surface area contributed by atoms with Gasteiger partial charge in [0, 0.05) is 0 Å². The van der Waals surface area contributed by atoms with Crippen LogP contribution in [0.25, 0.3) is 0 Å². The van der Waals surface area contributed by atoms with Gasteiger partial charge in [-0.25, -0.2) is 0 Å². The van der Waals surface area contributed by atoms with Gasteiger partial charge in [0.2, 0.25) is 0 Å². The van der Waals surface area contributed by atoms with Crippen LogP contribution < -0.4 is 0 Å². The van der Waals surface area contributed by atoms with E-state index in [0.29, 0.717) is 11.8 Å². The van der Waals surface area contributed by atoms with Crippen LogP contribution in [0.1, 0.15) is 35.8 Å². The van der Waals surface area contributed by atoms with Gasteiger partial charge in [0.05, 0.1) is 26.1 Å². The molecule has 2 saturated carbocycles. The molecule has 0 bridgehead atoms.